The van der Waals surface area contributed by atoms with Crippen LogP contribution in [0.25, 0.3) is 0 Å². The maximum atomic E-state index is 13.5. The maximum absolute atomic E-state index is 13.5. The maximum Gasteiger partial charge on any atom is 0.255 e. The van der Waals surface area contributed by atoms with Gasteiger partial charge in [0.15, 0.2) is 0 Å². The van der Waals surface area contributed by atoms with Gasteiger partial charge in [0.2, 0.25) is 11.1 Å². The normalized spacial score (nSPS) is 15.2. The van der Waals surface area contributed by atoms with Gasteiger partial charge in [0.1, 0.15) is 11.8 Å². The Hall–Kier alpha value is -3.26. The Balaban J connectivity index is 1.77. The Bertz CT molecular complexity index is 1130. The lowest BCUT2D eigenvalue weighted by Crippen LogP contribution is -2.31. The van der Waals surface area contributed by atoms with Crippen molar-refractivity contribution < 1.29 is 9.53 Å². The number of ether oxygens (including phenoxy) is 1. The van der Waals surface area contributed by atoms with E-state index < -0.39 is 6.04 Å². The first-order chi connectivity index (χ1) is 15.6. The lowest BCUT2D eigenvalue weighted by Gasteiger charge is -2.29. The molecule has 2 N–H and O–H groups in total. The first kappa shape index (κ1) is 22.0. The van der Waals surface area contributed by atoms with Crippen LogP contribution >= 0.6 is 11.8 Å². The summed E-state index contributed by atoms with van der Waals surface area (Å²) < 4.78 is 7.65. The van der Waals surface area contributed by atoms with Gasteiger partial charge in [0.25, 0.3) is 5.91 Å². The van der Waals surface area contributed by atoms with E-state index in [1.54, 1.807) is 16.4 Å². The molecule has 8 heteroatoms. The van der Waals surface area contributed by atoms with E-state index in [1.807, 2.05) is 61.5 Å². The highest BCUT2D eigenvalue weighted by Crippen LogP contribution is 2.37. The van der Waals surface area contributed by atoms with Crippen molar-refractivity contribution in [3.63, 3.8) is 0 Å². The monoisotopic (exact) mass is 449 g/mol. The van der Waals surface area contributed by atoms with Crippen molar-refractivity contribution in [2.45, 2.75) is 38.4 Å². The Morgan fingerprint density at radius 2 is 2.00 bits per heavy atom. The number of fused-ring (bicyclic) bond motifs is 1. The second-order valence-electron chi connectivity index (χ2n) is 7.40. The summed E-state index contributed by atoms with van der Waals surface area (Å²) in [4.78, 5) is 18.1. The zero-order valence-corrected chi connectivity index (χ0v) is 19.3. The fourth-order valence-corrected chi connectivity index (χ4v) is 4.19. The number of nitrogens with zero attached hydrogens (tertiary/aromatic N) is 3. The summed E-state index contributed by atoms with van der Waals surface area (Å²) in [6, 6.07) is 16.9. The minimum atomic E-state index is -0.432. The van der Waals surface area contributed by atoms with E-state index in [-0.39, 0.29) is 5.91 Å². The molecule has 1 atom stereocenters. The van der Waals surface area contributed by atoms with Gasteiger partial charge in [-0.25, -0.2) is 4.68 Å². The Morgan fingerprint density at radius 1 is 1.19 bits per heavy atom. The first-order valence-electron chi connectivity index (χ1n) is 10.8. The molecule has 0 saturated heterocycles. The van der Waals surface area contributed by atoms with Crippen molar-refractivity contribution in [3.8, 4) is 5.75 Å². The molecule has 4 rings (SSSR count). The SMILES string of the molecule is CCCOc1cccc(C2C(C(=O)Nc3ccccc3)=C(C)Nc3nc(SCC)nn32)c1. The number of amides is 1. The highest BCUT2D eigenvalue weighted by atomic mass is 32.2. The number of para-hydroxylation sites is 1. The minimum Gasteiger partial charge on any atom is -0.494 e. The van der Waals surface area contributed by atoms with E-state index in [9.17, 15) is 4.79 Å². The molecule has 1 aliphatic rings. The summed E-state index contributed by atoms with van der Waals surface area (Å²) in [5, 5.41) is 11.7. The topological polar surface area (TPSA) is 81.1 Å². The average Bonchev–Trinajstić information content (AvgIpc) is 3.19. The minimum absolute atomic E-state index is 0.183. The van der Waals surface area contributed by atoms with Crippen LogP contribution in [0.2, 0.25) is 0 Å². The van der Waals surface area contributed by atoms with Crippen molar-refractivity contribution in [2.75, 3.05) is 23.0 Å². The van der Waals surface area contributed by atoms with Crippen LogP contribution in [-0.4, -0.2) is 33.0 Å². The second kappa shape index (κ2) is 9.91. The smallest absolute Gasteiger partial charge is 0.255 e. The molecule has 1 unspecified atom stereocenters. The Labute approximate surface area is 192 Å². The van der Waals surface area contributed by atoms with Gasteiger partial charge in [0, 0.05) is 11.4 Å². The number of aromatic nitrogens is 3. The predicted octanol–water partition coefficient (Wildman–Crippen LogP) is 5.11. The molecule has 3 aromatic rings. The third kappa shape index (κ3) is 4.65. The molecule has 0 saturated carbocycles. The quantitative estimate of drug-likeness (QED) is 0.465. The summed E-state index contributed by atoms with van der Waals surface area (Å²) in [5.41, 5.74) is 2.99. The Morgan fingerprint density at radius 3 is 2.75 bits per heavy atom. The van der Waals surface area contributed by atoms with Gasteiger partial charge in [-0.1, -0.05) is 55.9 Å². The molecular formula is C24H27N5O2S. The van der Waals surface area contributed by atoms with Crippen LogP contribution in [0.4, 0.5) is 11.6 Å². The number of nitrogens with one attached hydrogen (secondary N) is 2. The highest BCUT2D eigenvalue weighted by Gasteiger charge is 2.34. The predicted molar refractivity (Wildman–Crippen MR) is 128 cm³/mol. The molecule has 2 aromatic carbocycles. The molecule has 0 spiro atoms. The van der Waals surface area contributed by atoms with Gasteiger partial charge < -0.3 is 15.4 Å². The number of allylic oxidation sites excluding steroid dienone is 1. The van der Waals surface area contributed by atoms with Crippen LogP contribution in [0.15, 0.2) is 71.0 Å². The lowest BCUT2D eigenvalue weighted by atomic mass is 9.95. The van der Waals surface area contributed by atoms with E-state index in [1.165, 1.54) is 0 Å². The molecule has 32 heavy (non-hydrogen) atoms. The van der Waals surface area contributed by atoms with Gasteiger partial charge in [-0.2, -0.15) is 4.98 Å². The molecule has 0 radical (unpaired) electrons. The molecule has 1 amide bonds. The van der Waals surface area contributed by atoms with Crippen LogP contribution in [0.5, 0.6) is 5.75 Å². The summed E-state index contributed by atoms with van der Waals surface area (Å²) in [7, 11) is 0. The third-order valence-corrected chi connectivity index (χ3v) is 5.75. The second-order valence-corrected chi connectivity index (χ2v) is 8.63. The van der Waals surface area contributed by atoms with Gasteiger partial charge in [-0.15, -0.1) is 5.10 Å². The van der Waals surface area contributed by atoms with Crippen LogP contribution in [0, 0.1) is 0 Å². The molecule has 0 bridgehead atoms. The van der Waals surface area contributed by atoms with Gasteiger partial charge in [0.05, 0.1) is 12.2 Å². The van der Waals surface area contributed by atoms with Gasteiger partial charge >= 0.3 is 0 Å². The van der Waals surface area contributed by atoms with E-state index in [2.05, 4.69) is 29.5 Å². The third-order valence-electron chi connectivity index (χ3n) is 5.03. The largest absolute Gasteiger partial charge is 0.494 e. The van der Waals surface area contributed by atoms with Crippen LogP contribution in [-0.2, 0) is 4.79 Å². The summed E-state index contributed by atoms with van der Waals surface area (Å²) >= 11 is 1.57. The van der Waals surface area contributed by atoms with Gasteiger partial charge in [-0.3, -0.25) is 4.79 Å². The fraction of sp³-hybridized carbons (Fsp3) is 0.292. The van der Waals surface area contributed by atoms with Crippen molar-refractivity contribution >= 4 is 29.3 Å². The first-order valence-corrected chi connectivity index (χ1v) is 11.8. The van der Waals surface area contributed by atoms with Crippen molar-refractivity contribution in [3.05, 3.63) is 71.4 Å². The molecule has 2 heterocycles. The summed E-state index contributed by atoms with van der Waals surface area (Å²) in [5.74, 6) is 2.08. The lowest BCUT2D eigenvalue weighted by molar-refractivity contribution is -0.113. The Kier molecular flexibility index (Phi) is 6.80. The zero-order valence-electron chi connectivity index (χ0n) is 18.5. The molecule has 0 aliphatic carbocycles. The average molecular weight is 450 g/mol. The van der Waals surface area contributed by atoms with Crippen molar-refractivity contribution in [1.82, 2.24) is 14.8 Å². The fourth-order valence-electron chi connectivity index (χ4n) is 3.64. The molecule has 0 fully saturated rings. The van der Waals surface area contributed by atoms with Gasteiger partial charge in [-0.05, 0) is 48.9 Å². The van der Waals surface area contributed by atoms with Crippen molar-refractivity contribution in [2.24, 2.45) is 0 Å². The summed E-state index contributed by atoms with van der Waals surface area (Å²) in [6.07, 6.45) is 0.923. The van der Waals surface area contributed by atoms with Crippen LogP contribution in [0.1, 0.15) is 38.8 Å². The number of anilines is 2. The van der Waals surface area contributed by atoms with E-state index in [0.29, 0.717) is 23.3 Å². The molecular weight excluding hydrogens is 422 g/mol. The molecule has 166 valence electrons. The van der Waals surface area contributed by atoms with Crippen LogP contribution in [0.3, 0.4) is 0 Å². The number of carbonyl (C=O) groups is 1. The van der Waals surface area contributed by atoms with Crippen LogP contribution < -0.4 is 15.4 Å². The van der Waals surface area contributed by atoms with E-state index in [0.717, 1.165) is 34.9 Å². The standard InChI is InChI=1S/C24H27N5O2S/c1-4-14-31-19-13-9-10-17(15-19)21-20(22(30)26-18-11-7-6-8-12-18)16(3)25-23-27-24(32-5-2)28-29(21)23/h6-13,15,21H,4-5,14H2,1-3H3,(H,26,30)(H,25,27,28). The number of carbonyl (C=O) groups excluding carboxylic acids is 1. The molecule has 1 aromatic heterocycles. The molecule has 1 aliphatic heterocycles. The number of thioether (sulfide) groups is 1. The summed E-state index contributed by atoms with van der Waals surface area (Å²) in [6.45, 7) is 6.67. The number of benzene rings is 2. The van der Waals surface area contributed by atoms with Crippen molar-refractivity contribution in [1.29, 1.82) is 0 Å². The number of hydrogen-bond donors (Lipinski definition) is 2. The number of hydrogen-bond acceptors (Lipinski definition) is 6. The van der Waals surface area contributed by atoms with E-state index >= 15 is 0 Å². The molecule has 7 nitrogen and oxygen atoms in total. The highest BCUT2D eigenvalue weighted by molar-refractivity contribution is 7.99. The van der Waals surface area contributed by atoms with E-state index in [4.69, 9.17) is 9.84 Å². The number of rotatable bonds is 8. The zero-order chi connectivity index (χ0) is 22.5.